The molecule has 2 nitrogen and oxygen atoms in total. The molecule has 0 amide bonds. The summed E-state index contributed by atoms with van der Waals surface area (Å²) in [4.78, 5) is 4.95. The van der Waals surface area contributed by atoms with Crippen molar-refractivity contribution in [2.45, 2.75) is 40.0 Å². The molecule has 0 radical (unpaired) electrons. The summed E-state index contributed by atoms with van der Waals surface area (Å²) in [6.07, 6.45) is 6.21. The topological polar surface area (TPSA) is 6.48 Å². The highest BCUT2D eigenvalue weighted by molar-refractivity contribution is 5.13. The van der Waals surface area contributed by atoms with Crippen LogP contribution in [0.25, 0.3) is 0 Å². The maximum Gasteiger partial charge on any atom is 0.0190 e. The molecular formula is C17H32N2. The molecule has 0 heterocycles. The van der Waals surface area contributed by atoms with Gasteiger partial charge in [0.1, 0.15) is 0 Å². The second kappa shape index (κ2) is 8.55. The van der Waals surface area contributed by atoms with Crippen LogP contribution < -0.4 is 0 Å². The van der Waals surface area contributed by atoms with E-state index in [1.54, 1.807) is 5.57 Å². The minimum Gasteiger partial charge on any atom is -0.303 e. The fourth-order valence-electron chi connectivity index (χ4n) is 2.76. The highest BCUT2D eigenvalue weighted by atomic mass is 15.2. The van der Waals surface area contributed by atoms with Crippen LogP contribution in [0.5, 0.6) is 0 Å². The summed E-state index contributed by atoms with van der Waals surface area (Å²) in [6.45, 7) is 16.6. The van der Waals surface area contributed by atoms with Gasteiger partial charge in [0.25, 0.3) is 0 Å². The number of hydrogen-bond acceptors (Lipinski definition) is 2. The summed E-state index contributed by atoms with van der Waals surface area (Å²) in [5.74, 6) is 0.727. The van der Waals surface area contributed by atoms with E-state index in [1.807, 2.05) is 0 Å². The van der Waals surface area contributed by atoms with Crippen LogP contribution in [0.1, 0.15) is 40.0 Å². The van der Waals surface area contributed by atoms with Crippen LogP contribution >= 0.6 is 0 Å². The Morgan fingerprint density at radius 2 is 2.00 bits per heavy atom. The van der Waals surface area contributed by atoms with Crippen molar-refractivity contribution in [3.63, 3.8) is 0 Å². The third kappa shape index (κ3) is 5.92. The molecule has 0 aromatic heterocycles. The molecule has 1 aliphatic carbocycles. The normalized spacial score (nSPS) is 19.9. The molecule has 2 heteroatoms. The van der Waals surface area contributed by atoms with Gasteiger partial charge in [0.2, 0.25) is 0 Å². The Morgan fingerprint density at radius 1 is 1.32 bits per heavy atom. The lowest BCUT2D eigenvalue weighted by Gasteiger charge is -2.27. The van der Waals surface area contributed by atoms with Gasteiger partial charge in [0.05, 0.1) is 0 Å². The van der Waals surface area contributed by atoms with Crippen molar-refractivity contribution >= 4 is 0 Å². The molecule has 19 heavy (non-hydrogen) atoms. The average Bonchev–Trinajstić information content (AvgIpc) is 2.40. The van der Waals surface area contributed by atoms with E-state index in [9.17, 15) is 0 Å². The lowest BCUT2D eigenvalue weighted by Crippen LogP contribution is -2.34. The van der Waals surface area contributed by atoms with E-state index in [4.69, 9.17) is 0 Å². The molecule has 1 unspecified atom stereocenters. The average molecular weight is 264 g/mol. The SMILES string of the molecule is C=C(C)C1CC=C(CN(C)CCN(CC)CC)CC1. The molecule has 0 aromatic rings. The summed E-state index contributed by atoms with van der Waals surface area (Å²) < 4.78 is 0. The van der Waals surface area contributed by atoms with Crippen molar-refractivity contribution in [1.82, 2.24) is 9.80 Å². The molecule has 0 aromatic carbocycles. The van der Waals surface area contributed by atoms with Crippen LogP contribution in [0.4, 0.5) is 0 Å². The first-order chi connectivity index (χ1) is 9.06. The standard InChI is InChI=1S/C17H32N2/c1-6-19(7-2)13-12-18(5)14-16-8-10-17(11-9-16)15(3)4/h8,17H,3,6-7,9-14H2,1-2,4-5H3. The summed E-state index contributed by atoms with van der Waals surface area (Å²) in [5.41, 5.74) is 2.98. The van der Waals surface area contributed by atoms with Gasteiger partial charge in [0, 0.05) is 19.6 Å². The van der Waals surface area contributed by atoms with E-state index < -0.39 is 0 Å². The Labute approximate surface area is 120 Å². The molecule has 0 saturated carbocycles. The van der Waals surface area contributed by atoms with E-state index in [1.165, 1.54) is 37.9 Å². The second-order valence-corrected chi connectivity index (χ2v) is 5.94. The molecule has 1 rings (SSSR count). The monoisotopic (exact) mass is 264 g/mol. The zero-order valence-corrected chi connectivity index (χ0v) is 13.4. The largest absolute Gasteiger partial charge is 0.303 e. The first-order valence-corrected chi connectivity index (χ1v) is 7.81. The Morgan fingerprint density at radius 3 is 2.47 bits per heavy atom. The van der Waals surface area contributed by atoms with Crippen molar-refractivity contribution in [1.29, 1.82) is 0 Å². The van der Waals surface area contributed by atoms with Crippen molar-refractivity contribution in [2.24, 2.45) is 5.92 Å². The summed E-state index contributed by atoms with van der Waals surface area (Å²) in [7, 11) is 2.25. The van der Waals surface area contributed by atoms with Crippen molar-refractivity contribution < 1.29 is 0 Å². The molecule has 0 spiro atoms. The summed E-state index contributed by atoms with van der Waals surface area (Å²) in [6, 6.07) is 0. The zero-order chi connectivity index (χ0) is 14.3. The van der Waals surface area contributed by atoms with E-state index >= 15 is 0 Å². The fourth-order valence-corrected chi connectivity index (χ4v) is 2.76. The van der Waals surface area contributed by atoms with Gasteiger partial charge >= 0.3 is 0 Å². The number of hydrogen-bond donors (Lipinski definition) is 0. The molecule has 1 aliphatic rings. The number of nitrogens with zero attached hydrogens (tertiary/aromatic N) is 2. The minimum absolute atomic E-state index is 0.727. The highest BCUT2D eigenvalue weighted by Crippen LogP contribution is 2.28. The van der Waals surface area contributed by atoms with Crippen molar-refractivity contribution in [2.75, 3.05) is 39.8 Å². The van der Waals surface area contributed by atoms with Gasteiger partial charge in [-0.2, -0.15) is 0 Å². The van der Waals surface area contributed by atoms with Crippen LogP contribution in [0, 0.1) is 5.92 Å². The molecule has 110 valence electrons. The van der Waals surface area contributed by atoms with Crippen molar-refractivity contribution in [3.8, 4) is 0 Å². The molecule has 0 bridgehead atoms. The van der Waals surface area contributed by atoms with Gasteiger partial charge in [-0.3, -0.25) is 0 Å². The van der Waals surface area contributed by atoms with Crippen LogP contribution in [-0.4, -0.2) is 49.6 Å². The predicted octanol–water partition coefficient (Wildman–Crippen LogP) is 3.56. The number of allylic oxidation sites excluding steroid dienone is 2. The lowest BCUT2D eigenvalue weighted by atomic mass is 9.85. The second-order valence-electron chi connectivity index (χ2n) is 5.94. The predicted molar refractivity (Wildman–Crippen MR) is 85.5 cm³/mol. The third-order valence-electron chi connectivity index (χ3n) is 4.37. The molecular weight excluding hydrogens is 232 g/mol. The van der Waals surface area contributed by atoms with Crippen LogP contribution in [0.15, 0.2) is 23.8 Å². The molecule has 0 fully saturated rings. The van der Waals surface area contributed by atoms with Gasteiger partial charge in [-0.1, -0.05) is 37.6 Å². The van der Waals surface area contributed by atoms with Crippen LogP contribution in [0.2, 0.25) is 0 Å². The van der Waals surface area contributed by atoms with Crippen molar-refractivity contribution in [3.05, 3.63) is 23.8 Å². The Bertz CT molecular complexity index is 302. The first-order valence-electron chi connectivity index (χ1n) is 7.81. The molecule has 0 aliphatic heterocycles. The summed E-state index contributed by atoms with van der Waals surface area (Å²) >= 11 is 0. The van der Waals surface area contributed by atoms with Gasteiger partial charge in [-0.25, -0.2) is 0 Å². The van der Waals surface area contributed by atoms with Gasteiger partial charge < -0.3 is 9.80 Å². The lowest BCUT2D eigenvalue weighted by molar-refractivity contribution is 0.247. The maximum absolute atomic E-state index is 4.09. The Balaban J connectivity index is 2.29. The molecule has 1 atom stereocenters. The first kappa shape index (κ1) is 16.5. The highest BCUT2D eigenvalue weighted by Gasteiger charge is 2.15. The number of likely N-dealkylation sites (N-methyl/N-ethyl adjacent to an activating group) is 2. The Hall–Kier alpha value is -0.600. The zero-order valence-electron chi connectivity index (χ0n) is 13.4. The fraction of sp³-hybridized carbons (Fsp3) is 0.765. The van der Waals surface area contributed by atoms with Gasteiger partial charge in [-0.05, 0) is 52.2 Å². The van der Waals surface area contributed by atoms with Gasteiger partial charge in [-0.15, -0.1) is 0 Å². The molecule has 0 N–H and O–H groups in total. The van der Waals surface area contributed by atoms with Crippen LogP contribution in [0.3, 0.4) is 0 Å². The summed E-state index contributed by atoms with van der Waals surface area (Å²) in [5, 5.41) is 0. The third-order valence-corrected chi connectivity index (χ3v) is 4.37. The Kier molecular flexibility index (Phi) is 7.40. The van der Waals surface area contributed by atoms with Gasteiger partial charge in [0.15, 0.2) is 0 Å². The molecule has 0 saturated heterocycles. The minimum atomic E-state index is 0.727. The number of rotatable bonds is 8. The smallest absolute Gasteiger partial charge is 0.0190 e. The van der Waals surface area contributed by atoms with E-state index in [0.29, 0.717) is 0 Å². The van der Waals surface area contributed by atoms with E-state index in [2.05, 4.69) is 50.3 Å². The van der Waals surface area contributed by atoms with Crippen LogP contribution in [-0.2, 0) is 0 Å². The maximum atomic E-state index is 4.09. The van der Waals surface area contributed by atoms with E-state index in [0.717, 1.165) is 25.6 Å². The van der Waals surface area contributed by atoms with E-state index in [-0.39, 0.29) is 0 Å². The quantitative estimate of drug-likeness (QED) is 0.619.